The molecule has 2 amide bonds. The SMILES string of the molecule is C=C1NC(=O)CCC1N1Cc2c(ccc(N3CCC(CN4CCN(CC5CCN(c6cc(C(=NC)c7cc(OC8(C)CC8)c(F)cc7C)ncn6)CC5)CC4(C)C)CC3)c2F)C1=O.[HH].[HH]. The van der Waals surface area contributed by atoms with Gasteiger partial charge in [-0.1, -0.05) is 6.58 Å². The van der Waals surface area contributed by atoms with Gasteiger partial charge in [0.15, 0.2) is 17.4 Å². The average molecular weight is 868 g/mol. The lowest BCUT2D eigenvalue weighted by atomic mass is 9.90. The Morgan fingerprint density at radius 2 is 1.65 bits per heavy atom. The van der Waals surface area contributed by atoms with Crippen molar-refractivity contribution in [3.63, 3.8) is 0 Å². The topological polar surface area (TPSA) is 110 Å². The second-order valence-electron chi connectivity index (χ2n) is 19.8. The standard InChI is InChI=1S/C49H63F2N9O3.2H2/c1-31-23-38(50)42(63-49(5)15-16-49)24-36(31)46(52-6)39-25-43(54-30-53-39)58-19-13-33(14-20-58)26-56-21-22-59(48(3,4)29-56)27-34-11-17-57(18-12-34)41-8-7-35-37(45(41)51)28-60(47(35)62)40-9-10-44(61)55-32(40)2;;/h7-8,23-25,30,33-34,40H,2,9-22,26-29H2,1,3-6H3,(H,55,61);2*1H. The van der Waals surface area contributed by atoms with Crippen molar-refractivity contribution in [3.05, 3.63) is 88.5 Å². The first-order valence-electron chi connectivity index (χ1n) is 23.1. The number of ether oxygens (including phenoxy) is 1. The molecule has 340 valence electrons. The molecule has 1 aliphatic carbocycles. The Labute approximate surface area is 373 Å². The summed E-state index contributed by atoms with van der Waals surface area (Å²) >= 11 is 0. The molecule has 5 fully saturated rings. The van der Waals surface area contributed by atoms with Crippen molar-refractivity contribution in [2.45, 2.75) is 103 Å². The van der Waals surface area contributed by atoms with Gasteiger partial charge in [0.05, 0.1) is 29.7 Å². The third kappa shape index (κ3) is 8.94. The predicted octanol–water partition coefficient (Wildman–Crippen LogP) is 7.23. The number of aliphatic imine (C=N–C) groups is 1. The van der Waals surface area contributed by atoms with Crippen LogP contribution < -0.4 is 19.9 Å². The average Bonchev–Trinajstić information content (AvgIpc) is 3.89. The van der Waals surface area contributed by atoms with Gasteiger partial charge in [-0.25, -0.2) is 18.7 Å². The zero-order valence-corrected chi connectivity index (χ0v) is 37.7. The molecular weight excluding hydrogens is 801 g/mol. The van der Waals surface area contributed by atoms with Crippen molar-refractivity contribution >= 4 is 29.0 Å². The smallest absolute Gasteiger partial charge is 0.255 e. The van der Waals surface area contributed by atoms with Gasteiger partial charge in [0, 0.05) is 109 Å². The number of hydrogen-bond acceptors (Lipinski definition) is 10. The number of aryl methyl sites for hydroxylation is 1. The Balaban J connectivity index is 0.00000315. The fourth-order valence-corrected chi connectivity index (χ4v) is 10.7. The van der Waals surface area contributed by atoms with Crippen LogP contribution in [0.25, 0.3) is 0 Å². The summed E-state index contributed by atoms with van der Waals surface area (Å²) in [7, 11) is 1.75. The number of piperidine rings is 3. The summed E-state index contributed by atoms with van der Waals surface area (Å²) in [6.07, 6.45) is 8.48. The third-order valence-electron chi connectivity index (χ3n) is 14.8. The van der Waals surface area contributed by atoms with E-state index < -0.39 is 0 Å². The van der Waals surface area contributed by atoms with Gasteiger partial charge in [-0.15, -0.1) is 0 Å². The highest BCUT2D eigenvalue weighted by Crippen LogP contribution is 2.41. The van der Waals surface area contributed by atoms with Crippen LogP contribution in [-0.2, 0) is 11.3 Å². The summed E-state index contributed by atoms with van der Waals surface area (Å²) in [6, 6.07) is 8.56. The maximum Gasteiger partial charge on any atom is 0.255 e. The van der Waals surface area contributed by atoms with Crippen LogP contribution in [0, 0.1) is 30.4 Å². The molecule has 5 aliphatic heterocycles. The largest absolute Gasteiger partial charge is 0.484 e. The molecule has 14 heteroatoms. The Bertz CT molecular complexity index is 2310. The lowest BCUT2D eigenvalue weighted by Crippen LogP contribution is -2.61. The van der Waals surface area contributed by atoms with E-state index >= 15 is 4.39 Å². The maximum absolute atomic E-state index is 16.1. The van der Waals surface area contributed by atoms with E-state index in [1.807, 2.05) is 19.9 Å². The number of fused-ring (bicyclic) bond motifs is 1. The third-order valence-corrected chi connectivity index (χ3v) is 14.8. The minimum atomic E-state index is -0.354. The number of halogens is 2. The first-order chi connectivity index (χ1) is 30.2. The molecule has 0 bridgehead atoms. The van der Waals surface area contributed by atoms with Crippen molar-refractivity contribution in [2.24, 2.45) is 16.8 Å². The van der Waals surface area contributed by atoms with Gasteiger partial charge in [0.25, 0.3) is 5.91 Å². The summed E-state index contributed by atoms with van der Waals surface area (Å²) < 4.78 is 37.1. The van der Waals surface area contributed by atoms with Crippen molar-refractivity contribution in [1.82, 2.24) is 30.0 Å². The number of benzene rings is 2. The number of nitrogens with one attached hydrogen (secondary N) is 1. The molecule has 2 aromatic carbocycles. The zero-order valence-electron chi connectivity index (χ0n) is 37.7. The predicted molar refractivity (Wildman–Crippen MR) is 246 cm³/mol. The quantitative estimate of drug-likeness (QED) is 0.200. The van der Waals surface area contributed by atoms with Crippen LogP contribution in [0.5, 0.6) is 5.75 Å². The lowest BCUT2D eigenvalue weighted by molar-refractivity contribution is -0.121. The molecule has 63 heavy (non-hydrogen) atoms. The number of aromatic nitrogens is 2. The second kappa shape index (κ2) is 17.2. The highest BCUT2D eigenvalue weighted by molar-refractivity contribution is 6.13. The van der Waals surface area contributed by atoms with Crippen molar-refractivity contribution in [2.75, 3.05) is 75.8 Å². The summed E-state index contributed by atoms with van der Waals surface area (Å²) in [5.41, 5.74) is 4.72. The summed E-state index contributed by atoms with van der Waals surface area (Å²) in [6.45, 7) is 21.5. The molecule has 1 atom stereocenters. The number of anilines is 2. The summed E-state index contributed by atoms with van der Waals surface area (Å²) in [5.74, 6) is 1.37. The van der Waals surface area contributed by atoms with E-state index in [9.17, 15) is 14.0 Å². The van der Waals surface area contributed by atoms with Crippen LogP contribution in [0.15, 0.2) is 53.9 Å². The molecule has 1 unspecified atom stereocenters. The van der Waals surface area contributed by atoms with Gasteiger partial charge in [-0.3, -0.25) is 24.4 Å². The molecular formula is C49H67F2N9O3. The van der Waals surface area contributed by atoms with Crippen molar-refractivity contribution < 1.29 is 26.0 Å². The molecule has 9 rings (SSSR count). The van der Waals surface area contributed by atoms with Crippen molar-refractivity contribution in [1.29, 1.82) is 0 Å². The molecule has 6 aliphatic rings. The molecule has 3 aromatic rings. The number of amides is 2. The first kappa shape index (κ1) is 43.3. The normalized spacial score (nSPS) is 23.6. The van der Waals surface area contributed by atoms with E-state index in [1.54, 1.807) is 36.5 Å². The van der Waals surface area contributed by atoms with E-state index in [1.165, 1.54) is 6.07 Å². The van der Waals surface area contributed by atoms with Crippen molar-refractivity contribution in [3.8, 4) is 5.75 Å². The molecule has 1 saturated carbocycles. The molecule has 1 N–H and O–H groups in total. The maximum atomic E-state index is 16.1. The van der Waals surface area contributed by atoms with Gasteiger partial charge in [-0.05, 0) is 114 Å². The first-order valence-corrected chi connectivity index (χ1v) is 23.1. The lowest BCUT2D eigenvalue weighted by Gasteiger charge is -2.50. The number of nitrogens with zero attached hydrogens (tertiary/aromatic N) is 8. The van der Waals surface area contributed by atoms with Crippen LogP contribution in [-0.4, -0.2) is 125 Å². The summed E-state index contributed by atoms with van der Waals surface area (Å²) in [4.78, 5) is 50.6. The van der Waals surface area contributed by atoms with Gasteiger partial charge in [0.1, 0.15) is 17.7 Å². The zero-order chi connectivity index (χ0) is 44.2. The Kier molecular flexibility index (Phi) is 11.8. The van der Waals surface area contributed by atoms with Crippen LogP contribution in [0.2, 0.25) is 0 Å². The Morgan fingerprint density at radius 1 is 0.937 bits per heavy atom. The molecule has 0 radical (unpaired) electrons. The van der Waals surface area contributed by atoms with Crippen LogP contribution in [0.4, 0.5) is 20.3 Å². The Hall–Kier alpha value is -4.95. The van der Waals surface area contributed by atoms with Gasteiger partial charge < -0.3 is 24.8 Å². The number of carbonyl (C=O) groups excluding carboxylic acids is 2. The van der Waals surface area contributed by atoms with Gasteiger partial charge in [-0.2, -0.15) is 0 Å². The van der Waals surface area contributed by atoms with Crippen LogP contribution in [0.3, 0.4) is 0 Å². The number of rotatable bonds is 11. The molecule has 4 saturated heterocycles. The number of hydrogen-bond donors (Lipinski definition) is 1. The molecule has 12 nitrogen and oxygen atoms in total. The van der Waals surface area contributed by atoms with Crippen LogP contribution >= 0.6 is 0 Å². The molecule has 6 heterocycles. The van der Waals surface area contributed by atoms with E-state index in [0.29, 0.717) is 58.6 Å². The minimum absolute atomic E-state index is 0. The fraction of sp³-hybridized carbons (Fsp3) is 0.571. The van der Waals surface area contributed by atoms with E-state index in [4.69, 9.17) is 4.74 Å². The highest BCUT2D eigenvalue weighted by Gasteiger charge is 2.42. The molecule has 0 spiro atoms. The fourth-order valence-electron chi connectivity index (χ4n) is 10.7. The van der Waals surface area contributed by atoms with E-state index in [-0.39, 0.29) is 55.8 Å². The van der Waals surface area contributed by atoms with Gasteiger partial charge in [0.2, 0.25) is 5.91 Å². The number of carbonyl (C=O) groups is 2. The highest BCUT2D eigenvalue weighted by atomic mass is 19.1. The Morgan fingerprint density at radius 3 is 2.33 bits per heavy atom. The van der Waals surface area contributed by atoms with E-state index in [0.717, 1.165) is 114 Å². The van der Waals surface area contributed by atoms with Gasteiger partial charge >= 0.3 is 0 Å². The monoisotopic (exact) mass is 868 g/mol. The van der Waals surface area contributed by atoms with E-state index in [2.05, 4.69) is 60.3 Å². The van der Waals surface area contributed by atoms with Crippen LogP contribution in [0.1, 0.15) is 108 Å². The molecule has 1 aromatic heterocycles. The second-order valence-corrected chi connectivity index (χ2v) is 19.8. The number of piperazine rings is 1. The minimum Gasteiger partial charge on any atom is -0.484 e. The summed E-state index contributed by atoms with van der Waals surface area (Å²) in [5, 5.41) is 2.76.